The normalized spacial score (nSPS) is 14.7. The molecule has 1 aliphatic rings. The molecule has 7 rings (SSSR count). The molecule has 0 saturated carbocycles. The van der Waals surface area contributed by atoms with Gasteiger partial charge in [0.1, 0.15) is 0 Å². The second-order valence-electron chi connectivity index (χ2n) is 12.2. The van der Waals surface area contributed by atoms with E-state index >= 15 is 0 Å². The highest BCUT2D eigenvalue weighted by atomic mass is 15.1. The van der Waals surface area contributed by atoms with Gasteiger partial charge < -0.3 is 4.90 Å². The van der Waals surface area contributed by atoms with Gasteiger partial charge in [0.25, 0.3) is 0 Å². The molecule has 6 aromatic carbocycles. The molecule has 1 nitrogen and oxygen atoms in total. The Kier molecular flexibility index (Phi) is 5.87. The molecule has 0 bridgehead atoms. The topological polar surface area (TPSA) is 3.24 Å². The molecular weight excluding hydrogens is 494 g/mol. The average Bonchev–Trinajstić information content (AvgIpc) is 3.01. The minimum Gasteiger partial charge on any atom is -0.310 e. The first-order valence-electron chi connectivity index (χ1n) is 14.5. The van der Waals surface area contributed by atoms with Crippen LogP contribution in [0, 0.1) is 0 Å². The Morgan fingerprint density at radius 2 is 1.10 bits per heavy atom. The first-order valence-corrected chi connectivity index (χ1v) is 14.5. The van der Waals surface area contributed by atoms with Crippen molar-refractivity contribution in [2.75, 3.05) is 4.90 Å². The van der Waals surface area contributed by atoms with E-state index in [0.29, 0.717) is 0 Å². The standard InChI is InChI=1S/C40H35N/c1-39(2)36-26-25-31(41(30-19-9-6-10-20-30)37-24-13-18-28-17-11-12-21-32(28)37)27-35(36)34-23-14-22-33(38(34)40(39,3)4)29-15-7-5-8-16-29/h5-27H,1-4H3. The molecule has 41 heavy (non-hydrogen) atoms. The van der Waals surface area contributed by atoms with Crippen molar-refractivity contribution in [1.82, 2.24) is 0 Å². The predicted molar refractivity (Wildman–Crippen MR) is 176 cm³/mol. The lowest BCUT2D eigenvalue weighted by atomic mass is 9.54. The van der Waals surface area contributed by atoms with E-state index in [9.17, 15) is 0 Å². The lowest BCUT2D eigenvalue weighted by Crippen LogP contribution is -2.44. The van der Waals surface area contributed by atoms with Crippen LogP contribution in [0.25, 0.3) is 33.0 Å². The average molecular weight is 530 g/mol. The van der Waals surface area contributed by atoms with Crippen LogP contribution in [0.15, 0.2) is 140 Å². The van der Waals surface area contributed by atoms with E-state index in [1.807, 2.05) is 0 Å². The van der Waals surface area contributed by atoms with Gasteiger partial charge in [-0.15, -0.1) is 0 Å². The van der Waals surface area contributed by atoms with Crippen LogP contribution in [0.3, 0.4) is 0 Å². The van der Waals surface area contributed by atoms with Crippen molar-refractivity contribution < 1.29 is 0 Å². The molecule has 6 aromatic rings. The summed E-state index contributed by atoms with van der Waals surface area (Å²) in [6.45, 7) is 9.66. The van der Waals surface area contributed by atoms with E-state index in [4.69, 9.17) is 0 Å². The smallest absolute Gasteiger partial charge is 0.0540 e. The third kappa shape index (κ3) is 3.91. The number of benzene rings is 6. The molecule has 0 spiro atoms. The Hall–Kier alpha value is -4.62. The lowest BCUT2D eigenvalue weighted by molar-refractivity contribution is 0.300. The van der Waals surface area contributed by atoms with Crippen molar-refractivity contribution in [2.45, 2.75) is 38.5 Å². The van der Waals surface area contributed by atoms with Crippen LogP contribution in [-0.4, -0.2) is 0 Å². The van der Waals surface area contributed by atoms with Gasteiger partial charge in [-0.05, 0) is 74.5 Å². The summed E-state index contributed by atoms with van der Waals surface area (Å²) >= 11 is 0. The summed E-state index contributed by atoms with van der Waals surface area (Å²) in [5, 5.41) is 2.48. The zero-order valence-electron chi connectivity index (χ0n) is 24.2. The van der Waals surface area contributed by atoms with Crippen LogP contribution in [0.4, 0.5) is 17.1 Å². The zero-order valence-corrected chi connectivity index (χ0v) is 24.2. The maximum atomic E-state index is 2.43. The lowest BCUT2D eigenvalue weighted by Gasteiger charge is -2.49. The molecule has 1 heteroatoms. The summed E-state index contributed by atoms with van der Waals surface area (Å²) in [5.41, 5.74) is 11.4. The summed E-state index contributed by atoms with van der Waals surface area (Å²) in [6.07, 6.45) is 0. The Morgan fingerprint density at radius 1 is 0.463 bits per heavy atom. The Balaban J connectivity index is 1.50. The van der Waals surface area contributed by atoms with Gasteiger partial charge in [-0.3, -0.25) is 0 Å². The molecule has 0 aromatic heterocycles. The molecule has 0 fully saturated rings. The Bertz CT molecular complexity index is 1870. The minimum absolute atomic E-state index is 0.0714. The highest BCUT2D eigenvalue weighted by molar-refractivity contribution is 5.99. The van der Waals surface area contributed by atoms with Gasteiger partial charge in [0, 0.05) is 22.2 Å². The predicted octanol–water partition coefficient (Wildman–Crippen LogP) is 11.2. The minimum atomic E-state index is -0.0736. The Morgan fingerprint density at radius 3 is 1.88 bits per heavy atom. The van der Waals surface area contributed by atoms with Crippen molar-refractivity contribution >= 4 is 27.8 Å². The van der Waals surface area contributed by atoms with Gasteiger partial charge in [-0.25, -0.2) is 0 Å². The summed E-state index contributed by atoms with van der Waals surface area (Å²) in [4.78, 5) is 2.41. The first-order chi connectivity index (χ1) is 19.9. The fourth-order valence-corrected chi connectivity index (χ4v) is 6.80. The number of anilines is 3. The number of para-hydroxylation sites is 1. The van der Waals surface area contributed by atoms with E-state index in [-0.39, 0.29) is 10.8 Å². The van der Waals surface area contributed by atoms with Crippen molar-refractivity contribution in [3.05, 3.63) is 151 Å². The zero-order chi connectivity index (χ0) is 28.2. The van der Waals surface area contributed by atoms with Crippen LogP contribution < -0.4 is 4.90 Å². The van der Waals surface area contributed by atoms with E-state index < -0.39 is 0 Å². The SMILES string of the molecule is CC1(C)c2ccc(N(c3ccccc3)c3cccc4ccccc34)cc2-c2cccc(-c3ccccc3)c2C1(C)C. The molecule has 0 unspecified atom stereocenters. The van der Waals surface area contributed by atoms with Crippen LogP contribution >= 0.6 is 0 Å². The molecule has 200 valence electrons. The molecule has 0 amide bonds. The van der Waals surface area contributed by atoms with E-state index in [1.165, 1.54) is 49.8 Å². The van der Waals surface area contributed by atoms with Crippen molar-refractivity contribution in [3.8, 4) is 22.3 Å². The van der Waals surface area contributed by atoms with Gasteiger partial charge in [0.15, 0.2) is 0 Å². The largest absolute Gasteiger partial charge is 0.310 e. The summed E-state index contributed by atoms with van der Waals surface area (Å²) in [5.74, 6) is 0. The summed E-state index contributed by atoms with van der Waals surface area (Å²) < 4.78 is 0. The van der Waals surface area contributed by atoms with Crippen LogP contribution in [0.2, 0.25) is 0 Å². The first kappa shape index (κ1) is 25.4. The summed E-state index contributed by atoms with van der Waals surface area (Å²) in [6, 6.07) is 50.8. The quantitative estimate of drug-likeness (QED) is 0.219. The molecule has 0 radical (unpaired) electrons. The maximum Gasteiger partial charge on any atom is 0.0540 e. The Labute approximate surface area is 243 Å². The van der Waals surface area contributed by atoms with Gasteiger partial charge in [-0.2, -0.15) is 0 Å². The van der Waals surface area contributed by atoms with E-state index in [2.05, 4.69) is 172 Å². The monoisotopic (exact) mass is 529 g/mol. The number of nitrogens with zero attached hydrogens (tertiary/aromatic N) is 1. The number of hydrogen-bond donors (Lipinski definition) is 0. The second kappa shape index (κ2) is 9.49. The van der Waals surface area contributed by atoms with E-state index in [1.54, 1.807) is 0 Å². The molecule has 0 heterocycles. The van der Waals surface area contributed by atoms with Gasteiger partial charge in [-0.1, -0.05) is 137 Å². The number of hydrogen-bond acceptors (Lipinski definition) is 1. The molecular formula is C40H35N. The maximum absolute atomic E-state index is 2.43. The van der Waals surface area contributed by atoms with Crippen molar-refractivity contribution in [2.24, 2.45) is 0 Å². The molecule has 0 N–H and O–H groups in total. The van der Waals surface area contributed by atoms with Crippen LogP contribution in [-0.2, 0) is 10.8 Å². The molecule has 0 atom stereocenters. The highest BCUT2D eigenvalue weighted by Gasteiger charge is 2.47. The fourth-order valence-electron chi connectivity index (χ4n) is 6.80. The van der Waals surface area contributed by atoms with Crippen LogP contribution in [0.5, 0.6) is 0 Å². The van der Waals surface area contributed by atoms with Gasteiger partial charge in [0.05, 0.1) is 5.69 Å². The number of fused-ring (bicyclic) bond motifs is 4. The van der Waals surface area contributed by atoms with Crippen molar-refractivity contribution in [3.63, 3.8) is 0 Å². The highest BCUT2D eigenvalue weighted by Crippen LogP contribution is 2.57. The molecule has 0 aliphatic heterocycles. The second-order valence-corrected chi connectivity index (χ2v) is 12.2. The number of rotatable bonds is 4. The van der Waals surface area contributed by atoms with Gasteiger partial charge in [0.2, 0.25) is 0 Å². The fraction of sp³-hybridized carbons (Fsp3) is 0.150. The third-order valence-electron chi connectivity index (χ3n) is 9.58. The van der Waals surface area contributed by atoms with Crippen LogP contribution in [0.1, 0.15) is 38.8 Å². The van der Waals surface area contributed by atoms with E-state index in [0.717, 1.165) is 11.4 Å². The molecule has 0 saturated heterocycles. The summed E-state index contributed by atoms with van der Waals surface area (Å²) in [7, 11) is 0. The van der Waals surface area contributed by atoms with Crippen molar-refractivity contribution in [1.29, 1.82) is 0 Å². The van der Waals surface area contributed by atoms with Gasteiger partial charge >= 0.3 is 0 Å². The molecule has 1 aliphatic carbocycles. The third-order valence-corrected chi connectivity index (χ3v) is 9.58.